The fraction of sp³-hybridized carbons (Fsp3) is 1.00. The molecule has 1 N–H and O–H groups in total. The molecule has 11 heavy (non-hydrogen) atoms. The van der Waals surface area contributed by atoms with Crippen molar-refractivity contribution in [3.63, 3.8) is 0 Å². The number of rotatable bonds is 2. The molecule has 1 fully saturated rings. The van der Waals surface area contributed by atoms with Crippen molar-refractivity contribution in [1.29, 1.82) is 0 Å². The van der Waals surface area contributed by atoms with E-state index in [0.717, 1.165) is 18.8 Å². The summed E-state index contributed by atoms with van der Waals surface area (Å²) in [6.07, 6.45) is 8.63. The van der Waals surface area contributed by atoms with Gasteiger partial charge in [-0.05, 0) is 25.2 Å². The van der Waals surface area contributed by atoms with E-state index in [4.69, 9.17) is 0 Å². The molecule has 0 bridgehead atoms. The third-order valence-electron chi connectivity index (χ3n) is 2.75. The van der Waals surface area contributed by atoms with Crippen molar-refractivity contribution in [2.24, 2.45) is 5.92 Å². The molecule has 1 saturated carbocycles. The Kier molecular flexibility index (Phi) is 3.92. The smallest absolute Gasteiger partial charge is 0.0540 e. The van der Waals surface area contributed by atoms with E-state index in [2.05, 4.69) is 6.92 Å². The van der Waals surface area contributed by atoms with Gasteiger partial charge in [-0.15, -0.1) is 0 Å². The summed E-state index contributed by atoms with van der Waals surface area (Å²) >= 11 is 0. The summed E-state index contributed by atoms with van der Waals surface area (Å²) < 4.78 is 0. The van der Waals surface area contributed by atoms with E-state index in [1.165, 1.54) is 32.1 Å². The van der Waals surface area contributed by atoms with E-state index in [9.17, 15) is 5.11 Å². The first-order valence-corrected chi connectivity index (χ1v) is 5.01. The summed E-state index contributed by atoms with van der Waals surface area (Å²) in [6.45, 7) is 2.25. The van der Waals surface area contributed by atoms with Crippen LogP contribution in [0.5, 0.6) is 0 Å². The van der Waals surface area contributed by atoms with Crippen LogP contribution in [-0.4, -0.2) is 11.2 Å². The monoisotopic (exact) mass is 156 g/mol. The Morgan fingerprint density at radius 1 is 1.18 bits per heavy atom. The first kappa shape index (κ1) is 9.05. The molecule has 0 aromatic rings. The standard InChI is InChI=1S/C10H20O/c1-2-4-9-5-3-6-10(11)8-7-9/h9-11H,2-8H2,1H3. The highest BCUT2D eigenvalue weighted by Crippen LogP contribution is 2.26. The first-order valence-electron chi connectivity index (χ1n) is 5.01. The molecule has 0 heterocycles. The van der Waals surface area contributed by atoms with Crippen LogP contribution in [0.25, 0.3) is 0 Å². The van der Waals surface area contributed by atoms with Gasteiger partial charge >= 0.3 is 0 Å². The second kappa shape index (κ2) is 4.76. The Labute approximate surface area is 69.8 Å². The Hall–Kier alpha value is -0.0400. The predicted octanol–water partition coefficient (Wildman–Crippen LogP) is 2.73. The topological polar surface area (TPSA) is 20.2 Å². The molecule has 1 aliphatic carbocycles. The van der Waals surface area contributed by atoms with E-state index in [0.29, 0.717) is 0 Å². The molecule has 1 heteroatoms. The predicted molar refractivity (Wildman–Crippen MR) is 47.5 cm³/mol. The second-order valence-corrected chi connectivity index (χ2v) is 3.82. The van der Waals surface area contributed by atoms with Crippen LogP contribution in [0.4, 0.5) is 0 Å². The molecule has 0 aromatic heterocycles. The number of hydrogen-bond acceptors (Lipinski definition) is 1. The molecule has 0 amide bonds. The minimum absolute atomic E-state index is 0.0110. The lowest BCUT2D eigenvalue weighted by molar-refractivity contribution is 0.155. The van der Waals surface area contributed by atoms with Crippen LogP contribution in [0.15, 0.2) is 0 Å². The Bertz CT molecular complexity index is 101. The molecule has 2 atom stereocenters. The van der Waals surface area contributed by atoms with Crippen LogP contribution in [0.2, 0.25) is 0 Å². The van der Waals surface area contributed by atoms with Crippen molar-refractivity contribution in [3.05, 3.63) is 0 Å². The van der Waals surface area contributed by atoms with E-state index in [-0.39, 0.29) is 6.10 Å². The van der Waals surface area contributed by atoms with E-state index in [1.54, 1.807) is 0 Å². The molecule has 2 unspecified atom stereocenters. The molecule has 0 saturated heterocycles. The van der Waals surface area contributed by atoms with Gasteiger partial charge in [0.05, 0.1) is 6.10 Å². The van der Waals surface area contributed by atoms with Gasteiger partial charge in [0.1, 0.15) is 0 Å². The van der Waals surface area contributed by atoms with Gasteiger partial charge < -0.3 is 5.11 Å². The molecule has 0 aliphatic heterocycles. The van der Waals surface area contributed by atoms with Crippen LogP contribution in [0.1, 0.15) is 51.9 Å². The summed E-state index contributed by atoms with van der Waals surface area (Å²) in [4.78, 5) is 0. The summed E-state index contributed by atoms with van der Waals surface area (Å²) in [5.41, 5.74) is 0. The van der Waals surface area contributed by atoms with Crippen molar-refractivity contribution in [3.8, 4) is 0 Å². The van der Waals surface area contributed by atoms with Crippen molar-refractivity contribution in [1.82, 2.24) is 0 Å². The fourth-order valence-corrected chi connectivity index (χ4v) is 2.06. The minimum atomic E-state index is 0.0110. The average molecular weight is 156 g/mol. The lowest BCUT2D eigenvalue weighted by Crippen LogP contribution is -2.03. The summed E-state index contributed by atoms with van der Waals surface area (Å²) in [7, 11) is 0. The largest absolute Gasteiger partial charge is 0.393 e. The van der Waals surface area contributed by atoms with Gasteiger partial charge in [-0.2, -0.15) is 0 Å². The third kappa shape index (κ3) is 3.24. The van der Waals surface area contributed by atoms with Gasteiger partial charge in [-0.3, -0.25) is 0 Å². The molecule has 1 aliphatic rings. The molecule has 66 valence electrons. The molecule has 1 nitrogen and oxygen atoms in total. The molecule has 1 rings (SSSR count). The zero-order valence-corrected chi connectivity index (χ0v) is 7.55. The van der Waals surface area contributed by atoms with Crippen molar-refractivity contribution in [2.45, 2.75) is 58.0 Å². The maximum absolute atomic E-state index is 9.38. The molecular formula is C10H20O. The van der Waals surface area contributed by atoms with Gasteiger partial charge in [-0.25, -0.2) is 0 Å². The zero-order chi connectivity index (χ0) is 8.10. The van der Waals surface area contributed by atoms with Gasteiger partial charge in [0.2, 0.25) is 0 Å². The summed E-state index contributed by atoms with van der Waals surface area (Å²) in [6, 6.07) is 0. The molecular weight excluding hydrogens is 136 g/mol. The van der Waals surface area contributed by atoms with Crippen LogP contribution in [0, 0.1) is 5.92 Å². The van der Waals surface area contributed by atoms with Gasteiger partial charge in [0.25, 0.3) is 0 Å². The number of aliphatic hydroxyl groups is 1. The average Bonchev–Trinajstić information content (AvgIpc) is 2.17. The second-order valence-electron chi connectivity index (χ2n) is 3.82. The quantitative estimate of drug-likeness (QED) is 0.609. The Morgan fingerprint density at radius 3 is 2.73 bits per heavy atom. The zero-order valence-electron chi connectivity index (χ0n) is 7.55. The van der Waals surface area contributed by atoms with Crippen LogP contribution in [-0.2, 0) is 0 Å². The molecule has 0 spiro atoms. The van der Waals surface area contributed by atoms with Gasteiger partial charge in [0.15, 0.2) is 0 Å². The van der Waals surface area contributed by atoms with E-state index in [1.807, 2.05) is 0 Å². The van der Waals surface area contributed by atoms with Crippen LogP contribution < -0.4 is 0 Å². The molecule has 0 aromatic carbocycles. The van der Waals surface area contributed by atoms with E-state index >= 15 is 0 Å². The lowest BCUT2D eigenvalue weighted by atomic mass is 9.95. The minimum Gasteiger partial charge on any atom is -0.393 e. The first-order chi connectivity index (χ1) is 5.33. The highest BCUT2D eigenvalue weighted by atomic mass is 16.3. The maximum atomic E-state index is 9.38. The van der Waals surface area contributed by atoms with E-state index < -0.39 is 0 Å². The number of hydrogen-bond donors (Lipinski definition) is 1. The van der Waals surface area contributed by atoms with Gasteiger partial charge in [-0.1, -0.05) is 32.6 Å². The summed E-state index contributed by atoms with van der Waals surface area (Å²) in [5.74, 6) is 0.914. The normalized spacial score (nSPS) is 33.3. The highest BCUT2D eigenvalue weighted by Gasteiger charge is 2.15. The SMILES string of the molecule is CCCC1CCCC(O)CC1. The van der Waals surface area contributed by atoms with Crippen molar-refractivity contribution in [2.75, 3.05) is 0 Å². The summed E-state index contributed by atoms with van der Waals surface area (Å²) in [5, 5.41) is 9.38. The number of aliphatic hydroxyl groups excluding tert-OH is 1. The highest BCUT2D eigenvalue weighted by molar-refractivity contribution is 4.68. The van der Waals surface area contributed by atoms with Crippen LogP contribution in [0.3, 0.4) is 0 Å². The fourth-order valence-electron chi connectivity index (χ4n) is 2.06. The Balaban J connectivity index is 2.22. The van der Waals surface area contributed by atoms with Crippen molar-refractivity contribution < 1.29 is 5.11 Å². The van der Waals surface area contributed by atoms with Crippen LogP contribution >= 0.6 is 0 Å². The Morgan fingerprint density at radius 2 is 2.00 bits per heavy atom. The lowest BCUT2D eigenvalue weighted by Gasteiger charge is -2.11. The third-order valence-corrected chi connectivity index (χ3v) is 2.75. The maximum Gasteiger partial charge on any atom is 0.0540 e. The molecule has 0 radical (unpaired) electrons. The van der Waals surface area contributed by atoms with Gasteiger partial charge in [0, 0.05) is 0 Å². The van der Waals surface area contributed by atoms with Crippen molar-refractivity contribution >= 4 is 0 Å².